The van der Waals surface area contributed by atoms with E-state index >= 15 is 0 Å². The lowest BCUT2D eigenvalue weighted by Crippen LogP contribution is -2.58. The molecule has 0 aliphatic carbocycles. The van der Waals surface area contributed by atoms with Gasteiger partial charge in [0.15, 0.2) is 0 Å². The number of nitrogens with two attached hydrogens (primary N) is 1. The highest BCUT2D eigenvalue weighted by Crippen LogP contribution is 2.66. The molecule has 146 valence electrons. The normalized spacial score (nSPS) is 38.8. The third-order valence-corrected chi connectivity index (χ3v) is 8.90. The highest BCUT2D eigenvalue weighted by Gasteiger charge is 2.73. The smallest absolute Gasteiger partial charge is 0.0991 e. The van der Waals surface area contributed by atoms with Gasteiger partial charge in [0.05, 0.1) is 16.9 Å². The second-order valence-electron chi connectivity index (χ2n) is 9.25. The van der Waals surface area contributed by atoms with Crippen LogP contribution in [0.25, 0.3) is 11.1 Å². The van der Waals surface area contributed by atoms with Crippen LogP contribution in [0, 0.1) is 11.3 Å². The summed E-state index contributed by atoms with van der Waals surface area (Å²) in [4.78, 5) is 2.66. The summed E-state index contributed by atoms with van der Waals surface area (Å²) >= 11 is 1.70. The molecule has 5 heterocycles. The second-order valence-corrected chi connectivity index (χ2v) is 10.2. The van der Waals surface area contributed by atoms with Gasteiger partial charge >= 0.3 is 0 Å². The van der Waals surface area contributed by atoms with Crippen molar-refractivity contribution in [3.05, 3.63) is 59.2 Å². The first kappa shape index (κ1) is 17.7. The van der Waals surface area contributed by atoms with E-state index in [2.05, 4.69) is 58.8 Å². The van der Waals surface area contributed by atoms with Crippen LogP contribution in [0.5, 0.6) is 0 Å². The minimum atomic E-state index is 0.145. The minimum Gasteiger partial charge on any atom is -0.326 e. The van der Waals surface area contributed by atoms with Gasteiger partial charge in [0.1, 0.15) is 0 Å². The van der Waals surface area contributed by atoms with E-state index in [9.17, 15) is 5.26 Å². The van der Waals surface area contributed by atoms with E-state index < -0.39 is 0 Å². The zero-order valence-corrected chi connectivity index (χ0v) is 17.3. The molecule has 5 heteroatoms. The number of nitrogens with zero attached hydrogens (tertiary/aromatic N) is 3. The molecule has 4 fully saturated rings. The first-order valence-corrected chi connectivity index (χ1v) is 11.2. The van der Waals surface area contributed by atoms with Crippen LogP contribution in [-0.4, -0.2) is 35.3 Å². The van der Waals surface area contributed by atoms with Crippen LogP contribution in [-0.2, 0) is 5.41 Å². The van der Waals surface area contributed by atoms with Gasteiger partial charge in [-0.2, -0.15) is 5.26 Å². The first-order chi connectivity index (χ1) is 14.1. The summed E-state index contributed by atoms with van der Waals surface area (Å²) in [5.41, 5.74) is 13.0. The fourth-order valence-electron chi connectivity index (χ4n) is 6.50. The van der Waals surface area contributed by atoms with Gasteiger partial charge in [-0.15, -0.1) is 0 Å². The van der Waals surface area contributed by atoms with E-state index in [0.717, 1.165) is 25.8 Å². The molecule has 4 nitrogen and oxygen atoms in total. The molecule has 2 unspecified atom stereocenters. The molecular formula is C24H24N4S. The lowest BCUT2D eigenvalue weighted by molar-refractivity contribution is 0.0666. The average Bonchev–Trinajstić information content (AvgIpc) is 3.47. The molecule has 0 spiro atoms. The molecule has 0 aromatic heterocycles. The van der Waals surface area contributed by atoms with Gasteiger partial charge < -0.3 is 5.73 Å². The lowest BCUT2D eigenvalue weighted by Gasteiger charge is -2.49. The van der Waals surface area contributed by atoms with Crippen LogP contribution in [0.3, 0.4) is 0 Å². The summed E-state index contributed by atoms with van der Waals surface area (Å²) in [5, 5.41) is 9.54. The van der Waals surface area contributed by atoms with Crippen molar-refractivity contribution in [2.24, 2.45) is 10.1 Å². The fraction of sp³-hybridized carbons (Fsp3) is 0.417. The Kier molecular flexibility index (Phi) is 3.63. The van der Waals surface area contributed by atoms with Crippen molar-refractivity contribution in [3.8, 4) is 17.2 Å². The van der Waals surface area contributed by atoms with Gasteiger partial charge in [-0.25, -0.2) is 4.40 Å². The van der Waals surface area contributed by atoms with Crippen LogP contribution in [0.4, 0.5) is 0 Å². The van der Waals surface area contributed by atoms with Crippen LogP contribution >= 0.6 is 11.9 Å². The second kappa shape index (κ2) is 5.95. The molecule has 6 atom stereocenters. The lowest BCUT2D eigenvalue weighted by atomic mass is 9.62. The molecular weight excluding hydrogens is 376 g/mol. The maximum Gasteiger partial charge on any atom is 0.0991 e. The Hall–Kier alpha value is -2.13. The molecule has 4 bridgehead atoms. The quantitative estimate of drug-likeness (QED) is 0.784. The monoisotopic (exact) mass is 400 g/mol. The van der Waals surface area contributed by atoms with Gasteiger partial charge in [0, 0.05) is 42.2 Å². The van der Waals surface area contributed by atoms with Gasteiger partial charge in [-0.05, 0) is 66.1 Å². The average molecular weight is 401 g/mol. The molecule has 2 aromatic rings. The Morgan fingerprint density at radius 2 is 2.07 bits per heavy atom. The van der Waals surface area contributed by atoms with Crippen molar-refractivity contribution in [1.82, 2.24) is 4.90 Å². The highest BCUT2D eigenvalue weighted by atomic mass is 32.2. The van der Waals surface area contributed by atoms with Crippen molar-refractivity contribution in [3.63, 3.8) is 0 Å². The SMILES string of the molecule is C[C@@]12C[C@]3(c4cccc(-c5ccc(C#N)cc5)c4C4CC=NS4)CN1[C@H]3C[C@@H]2N. The van der Waals surface area contributed by atoms with E-state index in [1.54, 1.807) is 11.9 Å². The summed E-state index contributed by atoms with van der Waals surface area (Å²) in [6.45, 7) is 3.49. The summed E-state index contributed by atoms with van der Waals surface area (Å²) < 4.78 is 4.50. The molecule has 0 saturated carbocycles. The molecule has 2 N–H and O–H groups in total. The van der Waals surface area contributed by atoms with E-state index in [1.165, 1.54) is 22.3 Å². The third kappa shape index (κ3) is 2.20. The van der Waals surface area contributed by atoms with Gasteiger partial charge in [0.25, 0.3) is 0 Å². The Morgan fingerprint density at radius 3 is 2.69 bits per heavy atom. The van der Waals surface area contributed by atoms with Crippen molar-refractivity contribution < 1.29 is 0 Å². The number of hydrogen-bond acceptors (Lipinski definition) is 5. The van der Waals surface area contributed by atoms with Crippen molar-refractivity contribution in [2.75, 3.05) is 6.54 Å². The predicted molar refractivity (Wildman–Crippen MR) is 118 cm³/mol. The summed E-state index contributed by atoms with van der Waals surface area (Å²) in [5.74, 6) is 0. The third-order valence-electron chi connectivity index (χ3n) is 7.94. The van der Waals surface area contributed by atoms with E-state index in [4.69, 9.17) is 5.73 Å². The van der Waals surface area contributed by atoms with Gasteiger partial charge in [-0.3, -0.25) is 4.90 Å². The maximum atomic E-state index is 9.17. The zero-order valence-electron chi connectivity index (χ0n) is 16.5. The predicted octanol–water partition coefficient (Wildman–Crippen LogP) is 4.20. The zero-order chi connectivity index (χ0) is 19.8. The van der Waals surface area contributed by atoms with Crippen LogP contribution in [0.1, 0.15) is 48.1 Å². The largest absolute Gasteiger partial charge is 0.326 e. The number of hydrogen-bond donors (Lipinski definition) is 1. The van der Waals surface area contributed by atoms with Crippen LogP contribution in [0.2, 0.25) is 0 Å². The molecule has 4 saturated heterocycles. The number of nitriles is 1. The van der Waals surface area contributed by atoms with Gasteiger partial charge in [0.2, 0.25) is 0 Å². The standard InChI is InChI=1S/C24H24N4S/c1-23-13-24(14-28(23)21(24)11-20(23)26)18-4-2-3-17(22(18)19-9-10-27-29-19)16-7-5-15(12-25)6-8-16/h2-8,10,19-21H,9,11,13-14,26H2,1H3/t19?,20-,21-,23-,24+/m0/s1. The summed E-state index contributed by atoms with van der Waals surface area (Å²) in [6.07, 6.45) is 5.29. The van der Waals surface area contributed by atoms with Gasteiger partial charge in [-0.1, -0.05) is 30.3 Å². The van der Waals surface area contributed by atoms with E-state index in [1.807, 2.05) is 12.1 Å². The molecule has 5 aliphatic heterocycles. The molecule has 2 aromatic carbocycles. The van der Waals surface area contributed by atoms with Crippen molar-refractivity contribution >= 4 is 18.2 Å². The molecule has 0 amide bonds. The Balaban J connectivity index is 1.51. The molecule has 0 radical (unpaired) electrons. The van der Waals surface area contributed by atoms with Crippen LogP contribution < -0.4 is 5.73 Å². The van der Waals surface area contributed by atoms with E-state index in [0.29, 0.717) is 16.9 Å². The molecule has 7 rings (SSSR count). The molecule has 5 aliphatic rings. The summed E-state index contributed by atoms with van der Waals surface area (Å²) in [7, 11) is 0. The highest BCUT2D eigenvalue weighted by molar-refractivity contribution is 7.98. The van der Waals surface area contributed by atoms with Crippen LogP contribution in [0.15, 0.2) is 46.9 Å². The Morgan fingerprint density at radius 1 is 1.24 bits per heavy atom. The van der Waals surface area contributed by atoms with Crippen molar-refractivity contribution in [2.45, 2.75) is 54.5 Å². The topological polar surface area (TPSA) is 65.4 Å². The first-order valence-electron chi connectivity index (χ1n) is 10.4. The van der Waals surface area contributed by atoms with Crippen molar-refractivity contribution in [1.29, 1.82) is 5.26 Å². The van der Waals surface area contributed by atoms with E-state index in [-0.39, 0.29) is 17.0 Å². The minimum absolute atomic E-state index is 0.145. The fourth-order valence-corrected chi connectivity index (χ4v) is 7.35. The summed E-state index contributed by atoms with van der Waals surface area (Å²) in [6, 6.07) is 17.9. The Labute approximate surface area is 175 Å². The number of benzene rings is 2. The molecule has 29 heavy (non-hydrogen) atoms. The number of rotatable bonds is 3. The maximum absolute atomic E-state index is 9.17. The Bertz CT molecular complexity index is 1060.